The smallest absolute Gasteiger partial charge is 0.221 e. The molecule has 0 aliphatic carbocycles. The second kappa shape index (κ2) is 7.23. The van der Waals surface area contributed by atoms with Crippen molar-refractivity contribution >= 4 is 33.9 Å². The molecule has 0 spiro atoms. The minimum atomic E-state index is 0.229. The predicted octanol–water partition coefficient (Wildman–Crippen LogP) is 4.72. The first-order valence-electron chi connectivity index (χ1n) is 9.29. The van der Waals surface area contributed by atoms with Crippen LogP contribution in [0.5, 0.6) is 0 Å². The number of thiazole rings is 1. The molecule has 0 bridgehead atoms. The Balaban J connectivity index is 1.59. The molecule has 8 heteroatoms. The molecule has 148 valence electrons. The second-order valence-electron chi connectivity index (χ2n) is 7.05. The Morgan fingerprint density at radius 3 is 2.37 bits per heavy atom. The highest BCUT2D eigenvalue weighted by Gasteiger charge is 2.15. The van der Waals surface area contributed by atoms with Gasteiger partial charge in [0.1, 0.15) is 5.52 Å². The zero-order chi connectivity index (χ0) is 20.7. The van der Waals surface area contributed by atoms with E-state index in [4.69, 9.17) is 10.3 Å². The third-order valence-corrected chi connectivity index (χ3v) is 5.62. The fourth-order valence-corrected chi connectivity index (χ4v) is 3.91. The van der Waals surface area contributed by atoms with Gasteiger partial charge in [-0.1, -0.05) is 23.4 Å². The van der Waals surface area contributed by atoms with E-state index in [9.17, 15) is 0 Å². The first-order valence-corrected chi connectivity index (χ1v) is 10.2. The quantitative estimate of drug-likeness (QED) is 0.454. The van der Waals surface area contributed by atoms with E-state index in [0.717, 1.165) is 44.0 Å². The number of aromatic nitrogens is 4. The number of anilines is 2. The molecular formula is C22H18N6OS. The lowest BCUT2D eigenvalue weighted by molar-refractivity contribution is 0.441. The third kappa shape index (κ3) is 3.27. The predicted molar refractivity (Wildman–Crippen MR) is 120 cm³/mol. The summed E-state index contributed by atoms with van der Waals surface area (Å²) in [6, 6.07) is 16.0. The number of hydrogen-bond acceptors (Lipinski definition) is 8. The van der Waals surface area contributed by atoms with E-state index >= 15 is 0 Å². The molecule has 3 heterocycles. The van der Waals surface area contributed by atoms with Crippen LogP contribution in [0.25, 0.3) is 44.1 Å². The molecule has 0 saturated heterocycles. The van der Waals surface area contributed by atoms with Crippen LogP contribution in [0.15, 0.2) is 64.8 Å². The van der Waals surface area contributed by atoms with Crippen molar-refractivity contribution < 1.29 is 4.52 Å². The maximum Gasteiger partial charge on any atom is 0.221 e. The van der Waals surface area contributed by atoms with Gasteiger partial charge in [0.2, 0.25) is 5.95 Å². The molecule has 5 rings (SSSR count). The van der Waals surface area contributed by atoms with Crippen LogP contribution in [-0.4, -0.2) is 34.2 Å². The molecule has 7 nitrogen and oxygen atoms in total. The summed E-state index contributed by atoms with van der Waals surface area (Å²) in [6.07, 6.45) is 1.77. The highest BCUT2D eigenvalue weighted by molar-refractivity contribution is 7.13. The lowest BCUT2D eigenvalue weighted by Crippen LogP contribution is -2.08. The van der Waals surface area contributed by atoms with Gasteiger partial charge >= 0.3 is 0 Å². The summed E-state index contributed by atoms with van der Waals surface area (Å²) >= 11 is 1.51. The molecule has 5 aromatic rings. The highest BCUT2D eigenvalue weighted by Crippen LogP contribution is 2.34. The number of benzene rings is 2. The van der Waals surface area contributed by atoms with Crippen LogP contribution in [0.2, 0.25) is 0 Å². The van der Waals surface area contributed by atoms with Gasteiger partial charge < -0.3 is 15.2 Å². The topological polar surface area (TPSA) is 94.0 Å². The SMILES string of the molecule is CN(C)c1ccc(-c2cc(-c3ccc4noc(-c5cncs5)c4c3)nc(N)n2)cc1. The van der Waals surface area contributed by atoms with Gasteiger partial charge in [-0.3, -0.25) is 4.98 Å². The Morgan fingerprint density at radius 2 is 1.67 bits per heavy atom. The Bertz CT molecular complexity index is 1330. The van der Waals surface area contributed by atoms with Gasteiger partial charge in [0.15, 0.2) is 5.76 Å². The largest absolute Gasteiger partial charge is 0.378 e. The third-order valence-electron chi connectivity index (χ3n) is 4.85. The zero-order valence-electron chi connectivity index (χ0n) is 16.4. The van der Waals surface area contributed by atoms with E-state index in [1.165, 1.54) is 11.3 Å². The molecule has 0 aliphatic heterocycles. The van der Waals surface area contributed by atoms with Crippen molar-refractivity contribution in [3.8, 4) is 33.2 Å². The molecule has 0 fully saturated rings. The molecule has 0 radical (unpaired) electrons. The van der Waals surface area contributed by atoms with Crippen molar-refractivity contribution in [2.24, 2.45) is 0 Å². The fourth-order valence-electron chi connectivity index (χ4n) is 3.30. The van der Waals surface area contributed by atoms with Crippen molar-refractivity contribution in [3.05, 3.63) is 60.2 Å². The van der Waals surface area contributed by atoms with E-state index in [1.54, 1.807) is 11.7 Å². The minimum absolute atomic E-state index is 0.229. The maximum absolute atomic E-state index is 6.04. The summed E-state index contributed by atoms with van der Waals surface area (Å²) in [4.78, 5) is 16.0. The van der Waals surface area contributed by atoms with Gasteiger partial charge in [0.05, 0.1) is 27.2 Å². The minimum Gasteiger partial charge on any atom is -0.378 e. The van der Waals surface area contributed by atoms with Crippen LogP contribution in [0.1, 0.15) is 0 Å². The summed E-state index contributed by atoms with van der Waals surface area (Å²) in [6.45, 7) is 0. The lowest BCUT2D eigenvalue weighted by Gasteiger charge is -2.13. The van der Waals surface area contributed by atoms with Crippen LogP contribution in [-0.2, 0) is 0 Å². The monoisotopic (exact) mass is 414 g/mol. The average Bonchev–Trinajstić information content (AvgIpc) is 3.42. The van der Waals surface area contributed by atoms with Crippen LogP contribution < -0.4 is 10.6 Å². The maximum atomic E-state index is 6.04. The van der Waals surface area contributed by atoms with Crippen LogP contribution in [0.4, 0.5) is 11.6 Å². The van der Waals surface area contributed by atoms with Gasteiger partial charge in [-0.05, 0) is 30.3 Å². The number of hydrogen-bond donors (Lipinski definition) is 1. The van der Waals surface area contributed by atoms with Crippen molar-refractivity contribution in [1.29, 1.82) is 0 Å². The molecule has 0 atom stereocenters. The van der Waals surface area contributed by atoms with Crippen LogP contribution in [0, 0.1) is 0 Å². The molecule has 0 amide bonds. The number of nitrogen functional groups attached to an aromatic ring is 1. The van der Waals surface area contributed by atoms with Crippen LogP contribution >= 0.6 is 11.3 Å². The van der Waals surface area contributed by atoms with Gasteiger partial charge in [-0.15, -0.1) is 11.3 Å². The van der Waals surface area contributed by atoms with Gasteiger partial charge in [0, 0.05) is 37.1 Å². The fraction of sp³-hybridized carbons (Fsp3) is 0.0909. The standard InChI is InChI=1S/C22H18N6OS/c1-28(2)15-6-3-13(4-7-15)18-10-19(26-22(23)25-18)14-5-8-17-16(9-14)21(29-27-17)20-11-24-12-30-20/h3-12H,1-2H3,(H2,23,25,26). The van der Waals surface area contributed by atoms with Crippen molar-refractivity contribution in [2.45, 2.75) is 0 Å². The van der Waals surface area contributed by atoms with E-state index in [1.807, 2.05) is 50.5 Å². The summed E-state index contributed by atoms with van der Waals surface area (Å²) in [7, 11) is 4.02. The molecule has 2 aromatic carbocycles. The Hall–Kier alpha value is -3.78. The van der Waals surface area contributed by atoms with Crippen LogP contribution in [0.3, 0.4) is 0 Å². The Labute approximate surface area is 176 Å². The van der Waals surface area contributed by atoms with E-state index in [2.05, 4.69) is 37.1 Å². The molecule has 2 N–H and O–H groups in total. The normalized spacial score (nSPS) is 11.1. The van der Waals surface area contributed by atoms with Crippen molar-refractivity contribution in [3.63, 3.8) is 0 Å². The summed E-state index contributed by atoms with van der Waals surface area (Å²) in [5.41, 5.74) is 13.1. The number of fused-ring (bicyclic) bond motifs is 1. The molecule has 30 heavy (non-hydrogen) atoms. The van der Waals surface area contributed by atoms with Crippen molar-refractivity contribution in [2.75, 3.05) is 24.7 Å². The Morgan fingerprint density at radius 1 is 0.933 bits per heavy atom. The first kappa shape index (κ1) is 18.3. The average molecular weight is 414 g/mol. The number of rotatable bonds is 4. The van der Waals surface area contributed by atoms with E-state index in [-0.39, 0.29) is 5.95 Å². The summed E-state index contributed by atoms with van der Waals surface area (Å²) < 4.78 is 5.56. The van der Waals surface area contributed by atoms with Gasteiger partial charge in [-0.25, -0.2) is 9.97 Å². The number of nitrogens with two attached hydrogens (primary N) is 1. The lowest BCUT2D eigenvalue weighted by atomic mass is 10.0. The molecule has 0 saturated carbocycles. The van der Waals surface area contributed by atoms with Gasteiger partial charge in [0.25, 0.3) is 0 Å². The molecule has 0 unspecified atom stereocenters. The van der Waals surface area contributed by atoms with E-state index < -0.39 is 0 Å². The van der Waals surface area contributed by atoms with Gasteiger partial charge in [-0.2, -0.15) is 0 Å². The highest BCUT2D eigenvalue weighted by atomic mass is 32.1. The summed E-state index contributed by atoms with van der Waals surface area (Å²) in [5.74, 6) is 0.933. The molecule has 3 aromatic heterocycles. The molecule has 0 aliphatic rings. The Kier molecular flexibility index (Phi) is 4.40. The van der Waals surface area contributed by atoms with Crippen molar-refractivity contribution in [1.82, 2.24) is 20.1 Å². The summed E-state index contributed by atoms with van der Waals surface area (Å²) in [5, 5.41) is 5.07. The molecular weight excluding hydrogens is 396 g/mol. The van der Waals surface area contributed by atoms with E-state index in [0.29, 0.717) is 5.76 Å². The second-order valence-corrected chi connectivity index (χ2v) is 7.93. The number of nitrogens with zero attached hydrogens (tertiary/aromatic N) is 5. The first-order chi connectivity index (χ1) is 14.6. The zero-order valence-corrected chi connectivity index (χ0v) is 17.2.